The summed E-state index contributed by atoms with van der Waals surface area (Å²) in [5.41, 5.74) is 0. The van der Waals surface area contributed by atoms with Crippen molar-refractivity contribution < 1.29 is 9.59 Å². The number of amides is 2. The third kappa shape index (κ3) is 1.37. The van der Waals surface area contributed by atoms with E-state index in [9.17, 15) is 9.59 Å². The van der Waals surface area contributed by atoms with E-state index in [2.05, 4.69) is 21.2 Å². The molecule has 1 aliphatic rings. The minimum atomic E-state index is -0.174. The van der Waals surface area contributed by atoms with Crippen LogP contribution < -0.4 is 5.32 Å². The SMILES string of the molecule is CC(Br)C1CC(=O)NC1=O. The van der Waals surface area contributed by atoms with Gasteiger partial charge in [-0.2, -0.15) is 0 Å². The molecule has 4 heteroatoms. The first kappa shape index (κ1) is 7.72. The quantitative estimate of drug-likeness (QED) is 0.499. The average Bonchev–Trinajstić information content (AvgIpc) is 2.10. The topological polar surface area (TPSA) is 46.2 Å². The van der Waals surface area contributed by atoms with Crippen molar-refractivity contribution in [1.82, 2.24) is 5.32 Å². The van der Waals surface area contributed by atoms with Crippen LogP contribution in [0.1, 0.15) is 13.3 Å². The van der Waals surface area contributed by atoms with Gasteiger partial charge in [0.25, 0.3) is 0 Å². The van der Waals surface area contributed by atoms with Crippen LogP contribution in [0.25, 0.3) is 0 Å². The van der Waals surface area contributed by atoms with Crippen molar-refractivity contribution in [2.45, 2.75) is 18.2 Å². The molecule has 1 aliphatic heterocycles. The van der Waals surface area contributed by atoms with Crippen LogP contribution in [0.3, 0.4) is 0 Å². The van der Waals surface area contributed by atoms with Crippen LogP contribution in [0.2, 0.25) is 0 Å². The van der Waals surface area contributed by atoms with Crippen LogP contribution in [0.15, 0.2) is 0 Å². The third-order valence-electron chi connectivity index (χ3n) is 1.56. The second-order valence-electron chi connectivity index (χ2n) is 2.40. The average molecular weight is 206 g/mol. The number of carbonyl (C=O) groups is 2. The van der Waals surface area contributed by atoms with E-state index in [1.165, 1.54) is 0 Å². The highest BCUT2D eigenvalue weighted by Crippen LogP contribution is 2.20. The zero-order valence-electron chi connectivity index (χ0n) is 5.56. The fraction of sp³-hybridized carbons (Fsp3) is 0.667. The molecule has 0 aromatic rings. The monoisotopic (exact) mass is 205 g/mol. The zero-order valence-corrected chi connectivity index (χ0v) is 7.14. The molecule has 2 unspecified atom stereocenters. The summed E-state index contributed by atoms with van der Waals surface area (Å²) in [5.74, 6) is -0.497. The van der Waals surface area contributed by atoms with Gasteiger partial charge in [-0.25, -0.2) is 0 Å². The number of imide groups is 1. The van der Waals surface area contributed by atoms with E-state index in [-0.39, 0.29) is 22.6 Å². The number of hydrogen-bond donors (Lipinski definition) is 1. The van der Waals surface area contributed by atoms with Gasteiger partial charge in [-0.3, -0.25) is 14.9 Å². The molecule has 1 rings (SSSR count). The molecule has 56 valence electrons. The van der Waals surface area contributed by atoms with Gasteiger partial charge in [-0.1, -0.05) is 22.9 Å². The molecule has 2 atom stereocenters. The van der Waals surface area contributed by atoms with Crippen LogP contribution in [0.5, 0.6) is 0 Å². The minimum Gasteiger partial charge on any atom is -0.296 e. The van der Waals surface area contributed by atoms with Gasteiger partial charge in [0.1, 0.15) is 0 Å². The number of hydrogen-bond acceptors (Lipinski definition) is 2. The van der Waals surface area contributed by atoms with Crippen molar-refractivity contribution >= 4 is 27.7 Å². The molecular weight excluding hydrogens is 198 g/mol. The Balaban J connectivity index is 2.63. The number of nitrogens with one attached hydrogen (secondary N) is 1. The highest BCUT2D eigenvalue weighted by atomic mass is 79.9. The Hall–Kier alpha value is -0.380. The molecule has 0 radical (unpaired) electrons. The summed E-state index contributed by atoms with van der Waals surface area (Å²) in [6.07, 6.45) is 0.325. The van der Waals surface area contributed by atoms with Gasteiger partial charge in [0.15, 0.2) is 0 Å². The van der Waals surface area contributed by atoms with Gasteiger partial charge in [0.05, 0.1) is 5.92 Å². The van der Waals surface area contributed by atoms with Crippen LogP contribution >= 0.6 is 15.9 Å². The smallest absolute Gasteiger partial charge is 0.231 e. The van der Waals surface area contributed by atoms with Crippen LogP contribution in [0.4, 0.5) is 0 Å². The Morgan fingerprint density at radius 3 is 2.50 bits per heavy atom. The van der Waals surface area contributed by atoms with E-state index in [0.29, 0.717) is 6.42 Å². The lowest BCUT2D eigenvalue weighted by Crippen LogP contribution is -2.24. The van der Waals surface area contributed by atoms with E-state index in [1.54, 1.807) is 0 Å². The molecule has 2 amide bonds. The lowest BCUT2D eigenvalue weighted by atomic mass is 10.1. The second-order valence-corrected chi connectivity index (χ2v) is 3.84. The maximum absolute atomic E-state index is 10.9. The Morgan fingerprint density at radius 2 is 2.30 bits per heavy atom. The molecule has 1 heterocycles. The van der Waals surface area contributed by atoms with E-state index in [1.807, 2.05) is 6.92 Å². The first-order valence-electron chi connectivity index (χ1n) is 3.09. The molecule has 0 bridgehead atoms. The number of rotatable bonds is 1. The summed E-state index contributed by atoms with van der Waals surface area (Å²) < 4.78 is 0. The van der Waals surface area contributed by atoms with E-state index in [4.69, 9.17) is 0 Å². The Morgan fingerprint density at radius 1 is 1.70 bits per heavy atom. The lowest BCUT2D eigenvalue weighted by Gasteiger charge is -2.05. The van der Waals surface area contributed by atoms with E-state index >= 15 is 0 Å². The molecule has 3 nitrogen and oxygen atoms in total. The van der Waals surface area contributed by atoms with E-state index < -0.39 is 0 Å². The number of halogens is 1. The van der Waals surface area contributed by atoms with Crippen molar-refractivity contribution in [2.75, 3.05) is 0 Å². The highest BCUT2D eigenvalue weighted by molar-refractivity contribution is 9.09. The summed E-state index contributed by atoms with van der Waals surface area (Å²) in [5, 5.41) is 2.24. The molecule has 10 heavy (non-hydrogen) atoms. The Kier molecular flexibility index (Phi) is 2.08. The van der Waals surface area contributed by atoms with Gasteiger partial charge in [-0.15, -0.1) is 0 Å². The molecule has 0 spiro atoms. The summed E-state index contributed by atoms with van der Waals surface area (Å²) in [7, 11) is 0. The van der Waals surface area contributed by atoms with Gasteiger partial charge >= 0.3 is 0 Å². The summed E-state index contributed by atoms with van der Waals surface area (Å²) >= 11 is 3.26. The third-order valence-corrected chi connectivity index (χ3v) is 2.20. The number of carbonyl (C=O) groups excluding carboxylic acids is 2. The van der Waals surface area contributed by atoms with Gasteiger partial charge in [0.2, 0.25) is 11.8 Å². The van der Waals surface area contributed by atoms with Gasteiger partial charge in [-0.05, 0) is 0 Å². The maximum Gasteiger partial charge on any atom is 0.231 e. The summed E-state index contributed by atoms with van der Waals surface area (Å²) in [4.78, 5) is 21.6. The second kappa shape index (κ2) is 2.70. The Labute approximate surface area is 67.3 Å². The first-order chi connectivity index (χ1) is 4.61. The number of alkyl halides is 1. The van der Waals surface area contributed by atoms with Crippen LogP contribution in [0, 0.1) is 5.92 Å². The molecule has 0 aromatic heterocycles. The van der Waals surface area contributed by atoms with Gasteiger partial charge < -0.3 is 0 Å². The predicted molar refractivity (Wildman–Crippen MR) is 39.6 cm³/mol. The van der Waals surface area contributed by atoms with Crippen LogP contribution in [-0.4, -0.2) is 16.6 Å². The van der Waals surface area contributed by atoms with E-state index in [0.717, 1.165) is 0 Å². The highest BCUT2D eigenvalue weighted by Gasteiger charge is 2.33. The largest absolute Gasteiger partial charge is 0.296 e. The fourth-order valence-corrected chi connectivity index (χ4v) is 1.37. The van der Waals surface area contributed by atoms with Crippen molar-refractivity contribution in [3.8, 4) is 0 Å². The van der Waals surface area contributed by atoms with Crippen molar-refractivity contribution in [1.29, 1.82) is 0 Å². The van der Waals surface area contributed by atoms with Crippen molar-refractivity contribution in [3.63, 3.8) is 0 Å². The standard InChI is InChI=1S/C6H8BrNO2/c1-3(7)4-2-5(9)8-6(4)10/h3-4H,2H2,1H3,(H,8,9,10). The molecule has 1 saturated heterocycles. The fourth-order valence-electron chi connectivity index (χ4n) is 0.945. The molecule has 1 N–H and O–H groups in total. The molecule has 0 saturated carbocycles. The predicted octanol–water partition coefficient (Wildman–Crippen LogP) is 0.432. The lowest BCUT2D eigenvalue weighted by molar-refractivity contribution is -0.125. The molecule has 1 fully saturated rings. The van der Waals surface area contributed by atoms with Crippen molar-refractivity contribution in [2.24, 2.45) is 5.92 Å². The normalized spacial score (nSPS) is 28.4. The molecule has 0 aliphatic carbocycles. The molecular formula is C6H8BrNO2. The van der Waals surface area contributed by atoms with Crippen LogP contribution in [-0.2, 0) is 9.59 Å². The Bertz CT molecular complexity index is 179. The molecule has 0 aromatic carbocycles. The summed E-state index contributed by atoms with van der Waals surface area (Å²) in [6, 6.07) is 0. The summed E-state index contributed by atoms with van der Waals surface area (Å²) in [6.45, 7) is 1.86. The zero-order chi connectivity index (χ0) is 7.72. The van der Waals surface area contributed by atoms with Crippen molar-refractivity contribution in [3.05, 3.63) is 0 Å². The first-order valence-corrected chi connectivity index (χ1v) is 4.00. The minimum absolute atomic E-state index is 0.0824. The maximum atomic E-state index is 10.9. The van der Waals surface area contributed by atoms with Gasteiger partial charge in [0, 0.05) is 11.2 Å².